The summed E-state index contributed by atoms with van der Waals surface area (Å²) in [6.45, 7) is 2.87. The minimum atomic E-state index is -4.32. The lowest BCUT2D eigenvalue weighted by Gasteiger charge is -2.23. The summed E-state index contributed by atoms with van der Waals surface area (Å²) in [5.74, 6) is -4.60. The van der Waals surface area contributed by atoms with E-state index in [0.717, 1.165) is 28.3 Å². The number of carbonyl (C=O) groups is 3. The normalized spacial score (nSPS) is 18.5. The zero-order chi connectivity index (χ0) is 34.4. The van der Waals surface area contributed by atoms with Crippen molar-refractivity contribution in [1.82, 2.24) is 30.4 Å². The Hall–Kier alpha value is -4.96. The van der Waals surface area contributed by atoms with Crippen molar-refractivity contribution in [3.05, 3.63) is 107 Å². The first-order chi connectivity index (χ1) is 22.9. The molecule has 2 aromatic heterocycles. The maximum absolute atomic E-state index is 14.5. The summed E-state index contributed by atoms with van der Waals surface area (Å²) in [7, 11) is -4.32. The number of rotatable bonds is 7. The van der Waals surface area contributed by atoms with Gasteiger partial charge in [-0.2, -0.15) is 4.31 Å². The highest BCUT2D eigenvalue weighted by atomic mass is 32.2. The van der Waals surface area contributed by atoms with Crippen molar-refractivity contribution < 1.29 is 40.5 Å². The number of sulfonamides is 1. The van der Waals surface area contributed by atoms with Gasteiger partial charge in [-0.15, -0.1) is 0 Å². The minimum absolute atomic E-state index is 0.0104. The molecule has 0 saturated heterocycles. The number of carbonyl (C=O) groups excluding carboxylic acids is 3. The van der Waals surface area contributed by atoms with Crippen LogP contribution in [0.5, 0.6) is 0 Å². The first kappa shape index (κ1) is 34.4. The third-order valence-corrected chi connectivity index (χ3v) is 9.27. The zero-order valence-electron chi connectivity index (χ0n) is 26.1. The summed E-state index contributed by atoms with van der Waals surface area (Å²) in [5, 5.41) is 11.9. The van der Waals surface area contributed by atoms with Crippen LogP contribution in [0.15, 0.2) is 69.8 Å². The van der Waals surface area contributed by atoms with Crippen LogP contribution in [0.3, 0.4) is 0 Å². The van der Waals surface area contributed by atoms with Gasteiger partial charge in [0.1, 0.15) is 30.0 Å². The quantitative estimate of drug-likeness (QED) is 0.264. The summed E-state index contributed by atoms with van der Waals surface area (Å²) in [6, 6.07) is 10.9. The van der Waals surface area contributed by atoms with Crippen molar-refractivity contribution in [2.45, 2.75) is 51.1 Å². The standard InChI is InChI=1S/C32H34F2N6O7S/c1-19(2)12-27-32-38-28(17-46-32)31(43)36-25(13-20-6-4-3-5-7-20)29(41)35-10-11-40(16-23-15-26(39-47-23)30(42)37-27)48(44,45)18-21-8-9-22(33)14-24(21)34/h3-9,14-15,17,19,25,27H,10-13,16,18H2,1-2H3,(H,35,41)(H,36,43)(H,37,42)/t25-,27+/m0/s1. The van der Waals surface area contributed by atoms with E-state index in [-0.39, 0.29) is 54.0 Å². The van der Waals surface area contributed by atoms with Crippen molar-refractivity contribution >= 4 is 27.7 Å². The van der Waals surface area contributed by atoms with Crippen molar-refractivity contribution in [3.8, 4) is 0 Å². The average molecular weight is 685 g/mol. The molecule has 1 aliphatic heterocycles. The van der Waals surface area contributed by atoms with Crippen LogP contribution >= 0.6 is 0 Å². The second-order valence-corrected chi connectivity index (χ2v) is 13.7. The zero-order valence-corrected chi connectivity index (χ0v) is 26.9. The summed E-state index contributed by atoms with van der Waals surface area (Å²) < 4.78 is 66.9. The summed E-state index contributed by atoms with van der Waals surface area (Å²) in [5.41, 5.74) is 0.193. The van der Waals surface area contributed by atoms with Crippen LogP contribution in [0.1, 0.15) is 70.1 Å². The number of nitrogens with one attached hydrogen (secondary N) is 3. The Balaban J connectivity index is 1.48. The van der Waals surface area contributed by atoms with Gasteiger partial charge in [-0.3, -0.25) is 14.4 Å². The van der Waals surface area contributed by atoms with E-state index in [4.69, 9.17) is 8.94 Å². The lowest BCUT2D eigenvalue weighted by atomic mass is 10.0. The number of amides is 3. The monoisotopic (exact) mass is 684 g/mol. The molecule has 3 N–H and O–H groups in total. The molecule has 4 aromatic rings. The number of hydrogen-bond acceptors (Lipinski definition) is 9. The first-order valence-corrected chi connectivity index (χ1v) is 16.7. The van der Waals surface area contributed by atoms with E-state index in [2.05, 4.69) is 26.1 Å². The third-order valence-electron chi connectivity index (χ3n) is 7.50. The molecule has 3 amide bonds. The number of aromatic nitrogens is 2. The van der Waals surface area contributed by atoms with Gasteiger partial charge >= 0.3 is 0 Å². The van der Waals surface area contributed by atoms with Gasteiger partial charge in [-0.1, -0.05) is 55.4 Å². The van der Waals surface area contributed by atoms with E-state index >= 15 is 0 Å². The average Bonchev–Trinajstić information content (AvgIpc) is 3.72. The number of oxazole rings is 1. The molecule has 0 aliphatic carbocycles. The van der Waals surface area contributed by atoms with Gasteiger partial charge in [0.15, 0.2) is 17.1 Å². The molecular weight excluding hydrogens is 650 g/mol. The van der Waals surface area contributed by atoms with Gasteiger partial charge in [0, 0.05) is 37.2 Å². The van der Waals surface area contributed by atoms with Crippen molar-refractivity contribution in [2.75, 3.05) is 13.1 Å². The molecule has 0 saturated carbocycles. The number of fused-ring (bicyclic) bond motifs is 4. The van der Waals surface area contributed by atoms with E-state index in [1.54, 1.807) is 30.3 Å². The number of nitrogens with zero attached hydrogens (tertiary/aromatic N) is 3. The first-order valence-electron chi connectivity index (χ1n) is 15.1. The van der Waals surface area contributed by atoms with Gasteiger partial charge in [0.05, 0.1) is 12.3 Å². The molecule has 1 aliphatic rings. The molecule has 2 atom stereocenters. The van der Waals surface area contributed by atoms with Crippen LogP contribution in [0.2, 0.25) is 0 Å². The SMILES string of the molecule is CC(C)C[C@H]1NC(=O)c2cc(on2)CN(S(=O)(=O)Cc2ccc(F)cc2F)CCNC(=O)[C@H](Cc2ccccc2)NC(=O)c2coc1n2. The van der Waals surface area contributed by atoms with Crippen LogP contribution in [-0.4, -0.2) is 59.7 Å². The summed E-state index contributed by atoms with van der Waals surface area (Å²) in [4.78, 5) is 44.3. The number of halogens is 2. The molecule has 13 nitrogen and oxygen atoms in total. The highest BCUT2D eigenvalue weighted by Gasteiger charge is 2.30. The van der Waals surface area contributed by atoms with E-state index < -0.39 is 63.8 Å². The highest BCUT2D eigenvalue weighted by Crippen LogP contribution is 2.23. The van der Waals surface area contributed by atoms with E-state index in [1.165, 1.54) is 6.07 Å². The van der Waals surface area contributed by atoms with E-state index in [0.29, 0.717) is 12.5 Å². The Morgan fingerprint density at radius 1 is 0.979 bits per heavy atom. The fourth-order valence-electron chi connectivity index (χ4n) is 5.11. The molecular formula is C32H34F2N6O7S. The predicted molar refractivity (Wildman–Crippen MR) is 166 cm³/mol. The molecule has 16 heteroatoms. The molecule has 48 heavy (non-hydrogen) atoms. The van der Waals surface area contributed by atoms with Crippen LogP contribution in [-0.2, 0) is 33.5 Å². The number of benzene rings is 2. The van der Waals surface area contributed by atoms with Crippen molar-refractivity contribution in [3.63, 3.8) is 0 Å². The number of hydrogen-bond donors (Lipinski definition) is 3. The Kier molecular flexibility index (Phi) is 10.6. The predicted octanol–water partition coefficient (Wildman–Crippen LogP) is 3.26. The molecule has 0 radical (unpaired) electrons. The molecule has 4 bridgehead atoms. The molecule has 5 rings (SSSR count). The lowest BCUT2D eigenvalue weighted by molar-refractivity contribution is -0.123. The molecule has 0 spiro atoms. The summed E-state index contributed by atoms with van der Waals surface area (Å²) in [6.07, 6.45) is 1.61. The van der Waals surface area contributed by atoms with E-state index in [9.17, 15) is 31.6 Å². The molecule has 0 fully saturated rings. The van der Waals surface area contributed by atoms with Gasteiger partial charge in [0.25, 0.3) is 11.8 Å². The summed E-state index contributed by atoms with van der Waals surface area (Å²) >= 11 is 0. The molecule has 3 heterocycles. The fourth-order valence-corrected chi connectivity index (χ4v) is 6.61. The smallest absolute Gasteiger partial charge is 0.274 e. The molecule has 254 valence electrons. The van der Waals surface area contributed by atoms with Gasteiger partial charge in [-0.25, -0.2) is 22.2 Å². The fraction of sp³-hybridized carbons (Fsp3) is 0.344. The minimum Gasteiger partial charge on any atom is -0.446 e. The third kappa shape index (κ3) is 8.68. The van der Waals surface area contributed by atoms with Crippen molar-refractivity contribution in [1.29, 1.82) is 0 Å². The Morgan fingerprint density at radius 3 is 2.44 bits per heavy atom. The van der Waals surface area contributed by atoms with Gasteiger partial charge in [0.2, 0.25) is 21.8 Å². The van der Waals surface area contributed by atoms with Gasteiger partial charge in [-0.05, 0) is 24.0 Å². The van der Waals surface area contributed by atoms with Crippen molar-refractivity contribution in [2.24, 2.45) is 5.92 Å². The van der Waals surface area contributed by atoms with Crippen LogP contribution in [0.25, 0.3) is 0 Å². The molecule has 0 unspecified atom stereocenters. The van der Waals surface area contributed by atoms with Crippen LogP contribution in [0.4, 0.5) is 8.78 Å². The second-order valence-electron chi connectivity index (χ2n) is 11.7. The second kappa shape index (κ2) is 14.9. The Bertz CT molecular complexity index is 1880. The van der Waals surface area contributed by atoms with Crippen LogP contribution in [0, 0.1) is 17.6 Å². The maximum Gasteiger partial charge on any atom is 0.274 e. The Morgan fingerprint density at radius 2 is 1.71 bits per heavy atom. The lowest BCUT2D eigenvalue weighted by Crippen LogP contribution is -2.49. The molecule has 2 aromatic carbocycles. The highest BCUT2D eigenvalue weighted by molar-refractivity contribution is 7.88. The topological polar surface area (TPSA) is 177 Å². The maximum atomic E-state index is 14.5. The van der Waals surface area contributed by atoms with Gasteiger partial charge < -0.3 is 24.9 Å². The largest absolute Gasteiger partial charge is 0.446 e. The Labute approximate surface area is 275 Å². The van der Waals surface area contributed by atoms with Crippen LogP contribution < -0.4 is 16.0 Å². The van der Waals surface area contributed by atoms with E-state index in [1.807, 2.05) is 13.8 Å².